The fraction of sp³-hybridized carbons (Fsp3) is 0.400. The number of halogens is 1. The molecule has 0 radical (unpaired) electrons. The summed E-state index contributed by atoms with van der Waals surface area (Å²) in [6.07, 6.45) is 0. The average Bonchev–Trinajstić information content (AvgIpc) is 2.87. The molecule has 1 saturated heterocycles. The van der Waals surface area contributed by atoms with E-state index in [1.165, 1.54) is 18.8 Å². The molecular weight excluding hydrogens is 186 g/mol. The summed E-state index contributed by atoms with van der Waals surface area (Å²) in [5.41, 5.74) is 1.26. The van der Waals surface area contributed by atoms with Crippen molar-refractivity contribution in [1.82, 2.24) is 4.48 Å². The first-order valence-electron chi connectivity index (χ1n) is 4.48. The molecule has 2 nitrogen and oxygen atoms in total. The van der Waals surface area contributed by atoms with Gasteiger partial charge in [-0.1, -0.05) is 0 Å². The summed E-state index contributed by atoms with van der Waals surface area (Å²) in [7, 11) is 0. The molecule has 0 saturated carbocycles. The molecule has 0 aromatic heterocycles. The third-order valence-electron chi connectivity index (χ3n) is 2.67. The summed E-state index contributed by atoms with van der Waals surface area (Å²) in [4.78, 5) is 0. The Morgan fingerprint density at radius 2 is 1.85 bits per heavy atom. The summed E-state index contributed by atoms with van der Waals surface area (Å²) in [6.45, 7) is 3.35. The van der Waals surface area contributed by atoms with Gasteiger partial charge in [-0.05, 0) is 12.1 Å². The molecule has 2 rings (SSSR count). The van der Waals surface area contributed by atoms with Gasteiger partial charge in [0, 0.05) is 12.1 Å². The highest BCUT2D eigenvalue weighted by atomic mass is 35.5. The Kier molecular flexibility index (Phi) is 2.18. The van der Waals surface area contributed by atoms with Crippen LogP contribution in [0, 0.1) is 0 Å². The van der Waals surface area contributed by atoms with Crippen LogP contribution in [0.1, 0.15) is 0 Å². The number of rotatable bonds is 3. The molecule has 0 atom stereocenters. The predicted molar refractivity (Wildman–Crippen MR) is 55.2 cm³/mol. The van der Waals surface area contributed by atoms with Crippen molar-refractivity contribution >= 4 is 17.3 Å². The summed E-state index contributed by atoms with van der Waals surface area (Å²) < 4.78 is 0.990. The van der Waals surface area contributed by atoms with E-state index in [0.29, 0.717) is 11.6 Å². The van der Waals surface area contributed by atoms with Gasteiger partial charge in [-0.25, -0.2) is 0 Å². The van der Waals surface area contributed by atoms with Gasteiger partial charge in [-0.3, -0.25) is 4.48 Å². The standard InChI is InChI=1S/C10H12ClNO/c11-5-6-12(7-8-12)9-1-3-10(13)4-2-9/h1-4H,5-8H2/p+1. The van der Waals surface area contributed by atoms with Gasteiger partial charge in [0.05, 0.1) is 12.4 Å². The molecule has 1 fully saturated rings. The molecule has 0 unspecified atom stereocenters. The molecular formula is C10H13ClNO+. The van der Waals surface area contributed by atoms with Gasteiger partial charge in [0.25, 0.3) is 0 Å². The summed E-state index contributed by atoms with van der Waals surface area (Å²) >= 11 is 5.74. The molecule has 1 aromatic carbocycles. The van der Waals surface area contributed by atoms with E-state index in [9.17, 15) is 0 Å². The van der Waals surface area contributed by atoms with Crippen LogP contribution >= 0.6 is 11.6 Å². The third kappa shape index (κ3) is 1.64. The molecule has 70 valence electrons. The Morgan fingerprint density at radius 1 is 1.23 bits per heavy atom. The molecule has 1 aliphatic heterocycles. The van der Waals surface area contributed by atoms with Crippen molar-refractivity contribution in [3.63, 3.8) is 0 Å². The monoisotopic (exact) mass is 198 g/mol. The van der Waals surface area contributed by atoms with Crippen molar-refractivity contribution in [1.29, 1.82) is 0 Å². The van der Waals surface area contributed by atoms with E-state index in [-0.39, 0.29) is 0 Å². The van der Waals surface area contributed by atoms with Crippen molar-refractivity contribution in [3.05, 3.63) is 24.3 Å². The highest BCUT2D eigenvalue weighted by Crippen LogP contribution is 2.32. The highest BCUT2D eigenvalue weighted by Gasteiger charge is 2.43. The highest BCUT2D eigenvalue weighted by molar-refractivity contribution is 6.18. The van der Waals surface area contributed by atoms with Crippen LogP contribution in [0.5, 0.6) is 5.75 Å². The number of alkyl halides is 1. The number of benzene rings is 1. The first-order chi connectivity index (χ1) is 6.27. The third-order valence-corrected chi connectivity index (χ3v) is 2.84. The van der Waals surface area contributed by atoms with E-state index in [0.717, 1.165) is 11.0 Å². The molecule has 0 spiro atoms. The maximum atomic E-state index is 9.14. The zero-order valence-electron chi connectivity index (χ0n) is 7.41. The molecule has 1 heterocycles. The van der Waals surface area contributed by atoms with Gasteiger partial charge < -0.3 is 5.11 Å². The van der Waals surface area contributed by atoms with Crippen LogP contribution in [0.15, 0.2) is 24.3 Å². The minimum atomic E-state index is 0.328. The van der Waals surface area contributed by atoms with Crippen molar-refractivity contribution in [3.8, 4) is 5.75 Å². The van der Waals surface area contributed by atoms with Gasteiger partial charge in [-0.2, -0.15) is 0 Å². The zero-order chi connectivity index (χ0) is 9.31. The van der Waals surface area contributed by atoms with Crippen LogP contribution < -0.4 is 4.48 Å². The van der Waals surface area contributed by atoms with Gasteiger partial charge >= 0.3 is 0 Å². The number of hydrogen-bond donors (Lipinski definition) is 1. The van der Waals surface area contributed by atoms with Crippen molar-refractivity contribution in [2.45, 2.75) is 0 Å². The quantitative estimate of drug-likeness (QED) is 0.447. The first-order valence-corrected chi connectivity index (χ1v) is 5.02. The van der Waals surface area contributed by atoms with Crippen LogP contribution in [0.4, 0.5) is 5.69 Å². The fourth-order valence-corrected chi connectivity index (χ4v) is 1.99. The lowest BCUT2D eigenvalue weighted by Crippen LogP contribution is -2.28. The molecule has 0 aliphatic carbocycles. The number of hydrogen-bond acceptors (Lipinski definition) is 1. The average molecular weight is 199 g/mol. The van der Waals surface area contributed by atoms with E-state index in [2.05, 4.69) is 0 Å². The zero-order valence-corrected chi connectivity index (χ0v) is 8.17. The second-order valence-corrected chi connectivity index (χ2v) is 3.90. The van der Waals surface area contributed by atoms with Crippen LogP contribution in [0.2, 0.25) is 0 Å². The molecule has 1 aromatic rings. The molecule has 1 N–H and O–H groups in total. The number of nitrogens with zero attached hydrogens (tertiary/aromatic N) is 1. The van der Waals surface area contributed by atoms with Crippen LogP contribution in [-0.2, 0) is 0 Å². The van der Waals surface area contributed by atoms with Crippen molar-refractivity contribution < 1.29 is 5.11 Å². The van der Waals surface area contributed by atoms with E-state index < -0.39 is 0 Å². The Hall–Kier alpha value is -0.730. The van der Waals surface area contributed by atoms with E-state index in [1.54, 1.807) is 12.1 Å². The molecule has 13 heavy (non-hydrogen) atoms. The SMILES string of the molecule is Oc1ccc([N+]2(CCCl)CC2)cc1. The number of phenols is 1. The van der Waals surface area contributed by atoms with Crippen LogP contribution in [-0.4, -0.2) is 30.6 Å². The lowest BCUT2D eigenvalue weighted by Gasteiger charge is -2.16. The normalized spacial score (nSPS) is 18.5. The maximum Gasteiger partial charge on any atom is 0.134 e. The van der Waals surface area contributed by atoms with Gasteiger partial charge in [0.15, 0.2) is 0 Å². The van der Waals surface area contributed by atoms with Crippen molar-refractivity contribution in [2.75, 3.05) is 25.5 Å². The largest absolute Gasteiger partial charge is 0.508 e. The fourth-order valence-electron chi connectivity index (χ4n) is 1.66. The Labute approximate surface area is 83.0 Å². The minimum Gasteiger partial charge on any atom is -0.508 e. The predicted octanol–water partition coefficient (Wildman–Crippen LogP) is 1.95. The minimum absolute atomic E-state index is 0.328. The van der Waals surface area contributed by atoms with Crippen LogP contribution in [0.3, 0.4) is 0 Å². The summed E-state index contributed by atoms with van der Waals surface area (Å²) in [6, 6.07) is 7.44. The maximum absolute atomic E-state index is 9.14. The lowest BCUT2D eigenvalue weighted by molar-refractivity contribution is 0.474. The van der Waals surface area contributed by atoms with E-state index >= 15 is 0 Å². The first kappa shape index (κ1) is 8.85. The lowest BCUT2D eigenvalue weighted by atomic mass is 10.3. The molecule has 0 bridgehead atoms. The van der Waals surface area contributed by atoms with Crippen molar-refractivity contribution in [2.24, 2.45) is 0 Å². The second-order valence-electron chi connectivity index (χ2n) is 3.52. The smallest absolute Gasteiger partial charge is 0.134 e. The Morgan fingerprint density at radius 3 is 2.31 bits per heavy atom. The number of phenolic OH excluding ortho intramolecular Hbond substituents is 1. The van der Waals surface area contributed by atoms with Gasteiger partial charge in [-0.15, -0.1) is 11.6 Å². The number of aromatic hydroxyl groups is 1. The Bertz CT molecular complexity index is 292. The summed E-state index contributed by atoms with van der Waals surface area (Å²) in [5.74, 6) is 1.02. The second kappa shape index (κ2) is 3.20. The van der Waals surface area contributed by atoms with Gasteiger partial charge in [0.1, 0.15) is 24.5 Å². The molecule has 0 amide bonds. The van der Waals surface area contributed by atoms with Crippen LogP contribution in [0.25, 0.3) is 0 Å². The van der Waals surface area contributed by atoms with E-state index in [4.69, 9.17) is 16.7 Å². The van der Waals surface area contributed by atoms with Gasteiger partial charge in [0.2, 0.25) is 0 Å². The molecule has 3 heteroatoms. The topological polar surface area (TPSA) is 20.2 Å². The van der Waals surface area contributed by atoms with E-state index in [1.807, 2.05) is 12.1 Å². The Balaban J connectivity index is 2.20. The molecule has 1 aliphatic rings. The number of quaternary nitrogens is 1. The summed E-state index contributed by atoms with van der Waals surface area (Å²) in [5, 5.41) is 9.14.